The summed E-state index contributed by atoms with van der Waals surface area (Å²) in [5.74, 6) is -0.233. The van der Waals surface area contributed by atoms with Crippen LogP contribution < -0.4 is 0 Å². The summed E-state index contributed by atoms with van der Waals surface area (Å²) >= 11 is 3.42. The lowest BCUT2D eigenvalue weighted by Crippen LogP contribution is -1.86. The molecule has 0 fully saturated rings. The summed E-state index contributed by atoms with van der Waals surface area (Å²) in [6, 6.07) is 10.4. The number of hydrogen-bond donors (Lipinski definition) is 0. The number of pyridine rings is 1. The monoisotopic (exact) mass is 334 g/mol. The van der Waals surface area contributed by atoms with Gasteiger partial charge in [-0.25, -0.2) is 8.91 Å². The molecule has 0 unspecified atom stereocenters. The van der Waals surface area contributed by atoms with Crippen molar-refractivity contribution in [2.75, 3.05) is 0 Å². The highest BCUT2D eigenvalue weighted by Gasteiger charge is 2.10. The number of fused-ring (bicyclic) bond motifs is 1. The van der Waals surface area contributed by atoms with Crippen LogP contribution in [0.3, 0.4) is 0 Å². The molecule has 0 aliphatic carbocycles. The predicted octanol–water partition coefficient (Wildman–Crippen LogP) is 5.24. The van der Waals surface area contributed by atoms with E-state index in [1.807, 2.05) is 43.6 Å². The van der Waals surface area contributed by atoms with Gasteiger partial charge in [0, 0.05) is 21.8 Å². The van der Waals surface area contributed by atoms with E-state index in [4.69, 9.17) is 0 Å². The number of aromatic nitrogens is 2. The van der Waals surface area contributed by atoms with Gasteiger partial charge in [-0.1, -0.05) is 13.8 Å². The highest BCUT2D eigenvalue weighted by Crippen LogP contribution is 2.26. The van der Waals surface area contributed by atoms with Gasteiger partial charge in [-0.2, -0.15) is 5.10 Å². The average molecular weight is 335 g/mol. The van der Waals surface area contributed by atoms with Gasteiger partial charge < -0.3 is 0 Å². The maximum Gasteiger partial charge on any atom is 0.123 e. The number of hydrogen-bond acceptors (Lipinski definition) is 1. The Hall–Kier alpha value is -1.68. The molecule has 0 radical (unpaired) electrons. The minimum absolute atomic E-state index is 0.233. The van der Waals surface area contributed by atoms with Crippen LogP contribution in [0.5, 0.6) is 0 Å². The molecule has 2 aromatic heterocycles. The molecule has 0 atom stereocenters. The van der Waals surface area contributed by atoms with Crippen LogP contribution in [-0.2, 0) is 0 Å². The van der Waals surface area contributed by atoms with Crippen molar-refractivity contribution in [3.63, 3.8) is 0 Å². The smallest absolute Gasteiger partial charge is 0.123 e. The van der Waals surface area contributed by atoms with Gasteiger partial charge in [0.1, 0.15) is 5.82 Å². The SMILES string of the molecule is CC.Cc1c(-c2ccc(F)cc2)nn2cc(Br)ccc12. The van der Waals surface area contributed by atoms with Crippen LogP contribution in [-0.4, -0.2) is 9.61 Å². The minimum atomic E-state index is -0.233. The molecule has 0 saturated heterocycles. The Morgan fingerprint density at radius 3 is 2.35 bits per heavy atom. The van der Waals surface area contributed by atoms with Gasteiger partial charge in [0.15, 0.2) is 0 Å². The third-order valence-electron chi connectivity index (χ3n) is 2.96. The van der Waals surface area contributed by atoms with E-state index >= 15 is 0 Å². The molecule has 1 aromatic carbocycles. The zero-order valence-corrected chi connectivity index (χ0v) is 13.3. The Bertz CT molecular complexity index is 717. The summed E-state index contributed by atoms with van der Waals surface area (Å²) in [5.41, 5.74) is 3.95. The molecule has 0 spiro atoms. The van der Waals surface area contributed by atoms with Gasteiger partial charge in [-0.3, -0.25) is 0 Å². The second-order valence-electron chi connectivity index (χ2n) is 4.16. The van der Waals surface area contributed by atoms with E-state index in [0.29, 0.717) is 0 Å². The summed E-state index contributed by atoms with van der Waals surface area (Å²) in [5, 5.41) is 4.54. The van der Waals surface area contributed by atoms with E-state index in [-0.39, 0.29) is 5.82 Å². The van der Waals surface area contributed by atoms with Gasteiger partial charge >= 0.3 is 0 Å². The lowest BCUT2D eigenvalue weighted by atomic mass is 10.1. The van der Waals surface area contributed by atoms with Crippen molar-refractivity contribution >= 4 is 21.4 Å². The van der Waals surface area contributed by atoms with Gasteiger partial charge in [-0.05, 0) is 59.3 Å². The molecular weight excluding hydrogens is 319 g/mol. The Kier molecular flexibility index (Phi) is 4.55. The molecule has 20 heavy (non-hydrogen) atoms. The molecule has 0 amide bonds. The van der Waals surface area contributed by atoms with Crippen LogP contribution in [0.1, 0.15) is 19.4 Å². The van der Waals surface area contributed by atoms with Crippen LogP contribution >= 0.6 is 15.9 Å². The van der Waals surface area contributed by atoms with Crippen LogP contribution in [0.4, 0.5) is 4.39 Å². The molecule has 3 rings (SSSR count). The molecule has 0 bridgehead atoms. The van der Waals surface area contributed by atoms with Crippen molar-refractivity contribution in [2.24, 2.45) is 0 Å². The molecule has 2 nitrogen and oxygen atoms in total. The van der Waals surface area contributed by atoms with E-state index in [2.05, 4.69) is 21.0 Å². The third kappa shape index (κ3) is 2.75. The average Bonchev–Trinajstić information content (AvgIpc) is 2.78. The fourth-order valence-corrected chi connectivity index (χ4v) is 2.36. The largest absolute Gasteiger partial charge is 0.239 e. The first-order valence-electron chi connectivity index (χ1n) is 6.55. The standard InChI is InChI=1S/C14H10BrFN2.C2H6/c1-9-13-7-4-11(15)8-18(13)17-14(9)10-2-5-12(16)6-3-10;1-2/h2-8H,1H3;1-2H3. The third-order valence-corrected chi connectivity index (χ3v) is 3.43. The Labute approximate surface area is 126 Å². The molecule has 0 N–H and O–H groups in total. The highest BCUT2D eigenvalue weighted by atomic mass is 79.9. The molecule has 2 heterocycles. The fourth-order valence-electron chi connectivity index (χ4n) is 2.03. The minimum Gasteiger partial charge on any atom is -0.239 e. The zero-order chi connectivity index (χ0) is 14.7. The quantitative estimate of drug-likeness (QED) is 0.595. The fraction of sp³-hybridized carbons (Fsp3) is 0.188. The lowest BCUT2D eigenvalue weighted by molar-refractivity contribution is 0.628. The molecule has 104 valence electrons. The van der Waals surface area contributed by atoms with E-state index < -0.39 is 0 Å². The van der Waals surface area contributed by atoms with Crippen LogP contribution in [0.25, 0.3) is 16.8 Å². The summed E-state index contributed by atoms with van der Waals surface area (Å²) in [6.07, 6.45) is 1.91. The Morgan fingerprint density at radius 1 is 1.05 bits per heavy atom. The topological polar surface area (TPSA) is 17.3 Å². The van der Waals surface area contributed by atoms with Gasteiger partial charge in [0.25, 0.3) is 0 Å². The summed E-state index contributed by atoms with van der Waals surface area (Å²) in [4.78, 5) is 0. The van der Waals surface area contributed by atoms with E-state index in [9.17, 15) is 4.39 Å². The lowest BCUT2D eigenvalue weighted by Gasteiger charge is -1.97. The van der Waals surface area contributed by atoms with Crippen molar-refractivity contribution in [2.45, 2.75) is 20.8 Å². The number of rotatable bonds is 1. The maximum absolute atomic E-state index is 12.9. The van der Waals surface area contributed by atoms with Crippen LogP contribution in [0.2, 0.25) is 0 Å². The van der Waals surface area contributed by atoms with E-state index in [1.54, 1.807) is 12.1 Å². The zero-order valence-electron chi connectivity index (χ0n) is 11.7. The second-order valence-corrected chi connectivity index (χ2v) is 5.07. The highest BCUT2D eigenvalue weighted by molar-refractivity contribution is 9.10. The number of benzene rings is 1. The maximum atomic E-state index is 12.9. The molecule has 0 aliphatic rings. The van der Waals surface area contributed by atoms with Gasteiger partial charge in [-0.15, -0.1) is 0 Å². The molecule has 0 aliphatic heterocycles. The summed E-state index contributed by atoms with van der Waals surface area (Å²) < 4.78 is 15.7. The van der Waals surface area contributed by atoms with Crippen molar-refractivity contribution < 1.29 is 4.39 Å². The Balaban J connectivity index is 0.000000704. The summed E-state index contributed by atoms with van der Waals surface area (Å²) in [7, 11) is 0. The first-order chi connectivity index (χ1) is 9.65. The van der Waals surface area contributed by atoms with Crippen LogP contribution in [0, 0.1) is 12.7 Å². The van der Waals surface area contributed by atoms with E-state index in [0.717, 1.165) is 26.8 Å². The van der Waals surface area contributed by atoms with Crippen LogP contribution in [0.15, 0.2) is 47.1 Å². The second kappa shape index (κ2) is 6.18. The van der Waals surface area contributed by atoms with Crippen molar-refractivity contribution in [1.82, 2.24) is 9.61 Å². The predicted molar refractivity (Wildman–Crippen MR) is 84.4 cm³/mol. The first kappa shape index (κ1) is 14.7. The molecule has 0 saturated carbocycles. The molecular formula is C16H16BrFN2. The Morgan fingerprint density at radius 2 is 1.70 bits per heavy atom. The van der Waals surface area contributed by atoms with Gasteiger partial charge in [0.2, 0.25) is 0 Å². The van der Waals surface area contributed by atoms with Gasteiger partial charge in [0.05, 0.1) is 11.2 Å². The van der Waals surface area contributed by atoms with Crippen molar-refractivity contribution in [3.05, 3.63) is 58.4 Å². The summed E-state index contributed by atoms with van der Waals surface area (Å²) in [6.45, 7) is 6.02. The molecule has 4 heteroatoms. The molecule has 3 aromatic rings. The van der Waals surface area contributed by atoms with E-state index in [1.165, 1.54) is 12.1 Å². The number of nitrogens with zero attached hydrogens (tertiary/aromatic N) is 2. The normalized spacial score (nSPS) is 10.2. The first-order valence-corrected chi connectivity index (χ1v) is 7.35. The number of aryl methyl sites for hydroxylation is 1. The van der Waals surface area contributed by atoms with Crippen molar-refractivity contribution in [1.29, 1.82) is 0 Å². The van der Waals surface area contributed by atoms with Crippen molar-refractivity contribution in [3.8, 4) is 11.3 Å². The number of halogens is 2.